The van der Waals surface area contributed by atoms with Crippen molar-refractivity contribution in [2.24, 2.45) is 0 Å². The summed E-state index contributed by atoms with van der Waals surface area (Å²) in [6.07, 6.45) is 0. The molecule has 1 aliphatic rings. The molecule has 2 nitrogen and oxygen atoms in total. The highest BCUT2D eigenvalue weighted by Gasteiger charge is 2.37. The van der Waals surface area contributed by atoms with E-state index in [1.165, 1.54) is 6.07 Å². The van der Waals surface area contributed by atoms with Gasteiger partial charge in [-0.25, -0.2) is 4.39 Å². The Morgan fingerprint density at radius 3 is 2.76 bits per heavy atom. The molecule has 0 radical (unpaired) electrons. The summed E-state index contributed by atoms with van der Waals surface area (Å²) in [6.45, 7) is 4.36. The van der Waals surface area contributed by atoms with Crippen LogP contribution in [0.25, 0.3) is 0 Å². The lowest BCUT2D eigenvalue weighted by Gasteiger charge is -2.39. The normalized spacial score (nSPS) is 22.1. The molecule has 0 spiro atoms. The van der Waals surface area contributed by atoms with Crippen molar-refractivity contribution in [3.8, 4) is 5.75 Å². The van der Waals surface area contributed by atoms with E-state index in [1.807, 2.05) is 13.1 Å². The van der Waals surface area contributed by atoms with Crippen molar-refractivity contribution in [2.75, 3.05) is 14.2 Å². The Bertz CT molecular complexity index is 434. The lowest BCUT2D eigenvalue weighted by Crippen LogP contribution is -2.38. The van der Waals surface area contributed by atoms with Crippen LogP contribution in [-0.4, -0.2) is 18.9 Å². The van der Waals surface area contributed by atoms with Crippen LogP contribution in [0.5, 0.6) is 5.75 Å². The van der Waals surface area contributed by atoms with Gasteiger partial charge in [0.2, 0.25) is 0 Å². The molecule has 0 fully saturated rings. The monoisotopic (exact) mass is 255 g/mol. The molecular formula is C13H18FNOS. The highest BCUT2D eigenvalue weighted by Crippen LogP contribution is 2.46. The Hall–Kier alpha value is -0.740. The summed E-state index contributed by atoms with van der Waals surface area (Å²) in [4.78, 5) is 0. The number of benzene rings is 1. The van der Waals surface area contributed by atoms with Gasteiger partial charge in [-0.1, -0.05) is 0 Å². The van der Waals surface area contributed by atoms with Crippen LogP contribution in [0.15, 0.2) is 12.1 Å². The molecule has 4 heteroatoms. The van der Waals surface area contributed by atoms with Gasteiger partial charge in [0.1, 0.15) is 11.6 Å². The van der Waals surface area contributed by atoms with E-state index >= 15 is 0 Å². The van der Waals surface area contributed by atoms with Crippen molar-refractivity contribution in [3.63, 3.8) is 0 Å². The SMILES string of the molecule is CNC1c2cc(OC)cc(F)c2CSC1(C)C. The molecule has 0 amide bonds. The van der Waals surface area contributed by atoms with E-state index in [2.05, 4.69) is 19.2 Å². The van der Waals surface area contributed by atoms with Gasteiger partial charge in [0.25, 0.3) is 0 Å². The molecule has 1 aromatic rings. The molecule has 0 saturated heterocycles. The number of hydrogen-bond donors (Lipinski definition) is 1. The van der Waals surface area contributed by atoms with Crippen LogP contribution in [0.4, 0.5) is 4.39 Å². The van der Waals surface area contributed by atoms with E-state index < -0.39 is 0 Å². The van der Waals surface area contributed by atoms with Crippen LogP contribution in [0.3, 0.4) is 0 Å². The third-order valence-corrected chi connectivity index (χ3v) is 4.74. The predicted octanol–water partition coefficient (Wildman–Crippen LogP) is 3.12. The van der Waals surface area contributed by atoms with E-state index in [-0.39, 0.29) is 16.6 Å². The molecule has 1 aliphatic heterocycles. The van der Waals surface area contributed by atoms with E-state index in [4.69, 9.17) is 4.74 Å². The molecule has 2 rings (SSSR count). The second-order valence-electron chi connectivity index (χ2n) is 4.79. The Balaban J connectivity index is 2.55. The van der Waals surface area contributed by atoms with Gasteiger partial charge in [-0.2, -0.15) is 0 Å². The summed E-state index contributed by atoms with van der Waals surface area (Å²) in [5.41, 5.74) is 1.82. The molecule has 17 heavy (non-hydrogen) atoms. The number of nitrogens with one attached hydrogen (secondary N) is 1. The van der Waals surface area contributed by atoms with Crippen LogP contribution in [-0.2, 0) is 5.75 Å². The fraction of sp³-hybridized carbons (Fsp3) is 0.538. The highest BCUT2D eigenvalue weighted by molar-refractivity contribution is 8.00. The third kappa shape index (κ3) is 2.16. The predicted molar refractivity (Wildman–Crippen MR) is 70.1 cm³/mol. The zero-order valence-corrected chi connectivity index (χ0v) is 11.5. The molecule has 1 aromatic carbocycles. The summed E-state index contributed by atoms with van der Waals surface area (Å²) >= 11 is 1.78. The maximum absolute atomic E-state index is 14.0. The summed E-state index contributed by atoms with van der Waals surface area (Å²) < 4.78 is 19.2. The molecule has 0 aliphatic carbocycles. The molecule has 1 atom stereocenters. The first-order valence-electron chi connectivity index (χ1n) is 5.67. The number of fused-ring (bicyclic) bond motifs is 1. The Morgan fingerprint density at radius 1 is 1.47 bits per heavy atom. The molecule has 0 saturated carbocycles. The van der Waals surface area contributed by atoms with Gasteiger partial charge < -0.3 is 10.1 Å². The fourth-order valence-electron chi connectivity index (χ4n) is 2.38. The van der Waals surface area contributed by atoms with Crippen LogP contribution in [0, 0.1) is 5.82 Å². The van der Waals surface area contributed by atoms with Gasteiger partial charge in [0, 0.05) is 28.2 Å². The topological polar surface area (TPSA) is 21.3 Å². The molecule has 0 bridgehead atoms. The van der Waals surface area contributed by atoms with Crippen LogP contribution in [0.2, 0.25) is 0 Å². The molecule has 1 heterocycles. The number of rotatable bonds is 2. The van der Waals surface area contributed by atoms with Gasteiger partial charge in [-0.05, 0) is 32.5 Å². The number of halogens is 1. The van der Waals surface area contributed by atoms with Gasteiger partial charge in [0.15, 0.2) is 0 Å². The lowest BCUT2D eigenvalue weighted by atomic mass is 9.91. The zero-order chi connectivity index (χ0) is 12.6. The van der Waals surface area contributed by atoms with Gasteiger partial charge in [0.05, 0.1) is 7.11 Å². The minimum Gasteiger partial charge on any atom is -0.497 e. The van der Waals surface area contributed by atoms with Crippen molar-refractivity contribution in [2.45, 2.75) is 30.4 Å². The maximum Gasteiger partial charge on any atom is 0.131 e. The number of hydrogen-bond acceptors (Lipinski definition) is 3. The summed E-state index contributed by atoms with van der Waals surface area (Å²) in [7, 11) is 3.48. The highest BCUT2D eigenvalue weighted by atomic mass is 32.2. The second-order valence-corrected chi connectivity index (χ2v) is 6.42. The Morgan fingerprint density at radius 2 is 2.18 bits per heavy atom. The third-order valence-electron chi connectivity index (χ3n) is 3.32. The number of thioether (sulfide) groups is 1. The summed E-state index contributed by atoms with van der Waals surface area (Å²) in [6, 6.07) is 3.55. The molecule has 1 unspecified atom stereocenters. The average Bonchev–Trinajstić information content (AvgIpc) is 2.27. The Kier molecular flexibility index (Phi) is 3.36. The summed E-state index contributed by atoms with van der Waals surface area (Å²) in [5, 5.41) is 3.29. The van der Waals surface area contributed by atoms with Crippen LogP contribution < -0.4 is 10.1 Å². The smallest absolute Gasteiger partial charge is 0.131 e. The van der Waals surface area contributed by atoms with Crippen LogP contribution in [0.1, 0.15) is 31.0 Å². The van der Waals surface area contributed by atoms with Crippen molar-refractivity contribution in [3.05, 3.63) is 29.1 Å². The van der Waals surface area contributed by atoms with E-state index in [0.29, 0.717) is 5.75 Å². The summed E-state index contributed by atoms with van der Waals surface area (Å²) in [5.74, 6) is 1.14. The van der Waals surface area contributed by atoms with Gasteiger partial charge >= 0.3 is 0 Å². The maximum atomic E-state index is 14.0. The van der Waals surface area contributed by atoms with Crippen molar-refractivity contribution in [1.29, 1.82) is 0 Å². The average molecular weight is 255 g/mol. The van der Waals surface area contributed by atoms with E-state index in [0.717, 1.165) is 16.9 Å². The molecular weight excluding hydrogens is 237 g/mol. The van der Waals surface area contributed by atoms with Gasteiger partial charge in [-0.15, -0.1) is 11.8 Å². The molecule has 1 N–H and O–H groups in total. The zero-order valence-electron chi connectivity index (χ0n) is 10.6. The Labute approximate surface area is 106 Å². The van der Waals surface area contributed by atoms with Gasteiger partial charge in [-0.3, -0.25) is 0 Å². The van der Waals surface area contributed by atoms with E-state index in [9.17, 15) is 4.39 Å². The van der Waals surface area contributed by atoms with Crippen molar-refractivity contribution < 1.29 is 9.13 Å². The minimum atomic E-state index is -0.164. The first-order valence-corrected chi connectivity index (χ1v) is 6.65. The first kappa shape index (κ1) is 12.7. The second kappa shape index (κ2) is 4.50. The number of methoxy groups -OCH3 is 1. The number of ether oxygens (including phenoxy) is 1. The molecule has 94 valence electrons. The van der Waals surface area contributed by atoms with Crippen molar-refractivity contribution in [1.82, 2.24) is 5.32 Å². The molecule has 0 aromatic heterocycles. The van der Waals surface area contributed by atoms with Crippen molar-refractivity contribution >= 4 is 11.8 Å². The lowest BCUT2D eigenvalue weighted by molar-refractivity contribution is 0.405. The largest absolute Gasteiger partial charge is 0.497 e. The standard InChI is InChI=1S/C13H18FNOS/c1-13(2)12(15-3)9-5-8(16-4)6-11(14)10(9)7-17-13/h5-6,12,15H,7H2,1-4H3. The quantitative estimate of drug-likeness (QED) is 0.877. The minimum absolute atomic E-state index is 0.0561. The van der Waals surface area contributed by atoms with Crippen LogP contribution >= 0.6 is 11.8 Å². The fourth-order valence-corrected chi connectivity index (χ4v) is 3.61. The van der Waals surface area contributed by atoms with E-state index in [1.54, 1.807) is 18.9 Å². The first-order chi connectivity index (χ1) is 7.99.